The molecule has 3 N–H and O–H groups in total. The Morgan fingerprint density at radius 2 is 1.88 bits per heavy atom. The van der Waals surface area contributed by atoms with Crippen molar-refractivity contribution in [2.24, 2.45) is 5.92 Å². The first-order valence-corrected chi connectivity index (χ1v) is 5.63. The quantitative estimate of drug-likeness (QED) is 0.607. The molecule has 5 heteroatoms. The Morgan fingerprint density at radius 3 is 2.31 bits per heavy atom. The average Bonchev–Trinajstić information content (AvgIpc) is 2.17. The van der Waals surface area contributed by atoms with Gasteiger partial charge >= 0.3 is 0 Å². The molecular weight excluding hydrogens is 210 g/mol. The fourth-order valence-electron chi connectivity index (χ4n) is 2.07. The van der Waals surface area contributed by atoms with Crippen molar-refractivity contribution >= 4 is 5.91 Å². The van der Waals surface area contributed by atoms with Gasteiger partial charge in [0.15, 0.2) is 0 Å². The normalized spacial score (nSPS) is 39.8. The molecule has 5 unspecified atom stereocenters. The second kappa shape index (κ2) is 5.12. The highest BCUT2D eigenvalue weighted by molar-refractivity contribution is 5.73. The van der Waals surface area contributed by atoms with Crippen LogP contribution in [-0.2, 0) is 9.53 Å². The molecular formula is C11H21NO4. The molecule has 0 aromatic heterocycles. The number of aliphatic hydroxyl groups excluding tert-OH is 2. The van der Waals surface area contributed by atoms with E-state index in [0.29, 0.717) is 0 Å². The highest BCUT2D eigenvalue weighted by Gasteiger charge is 2.43. The van der Waals surface area contributed by atoms with Gasteiger partial charge in [-0.05, 0) is 12.8 Å². The summed E-state index contributed by atoms with van der Waals surface area (Å²) in [6, 6.07) is -0.552. The van der Waals surface area contributed by atoms with Crippen LogP contribution in [0.5, 0.6) is 0 Å². The van der Waals surface area contributed by atoms with Gasteiger partial charge in [0, 0.05) is 6.92 Å². The minimum Gasteiger partial charge on any atom is -0.388 e. The van der Waals surface area contributed by atoms with Crippen molar-refractivity contribution < 1.29 is 19.7 Å². The summed E-state index contributed by atoms with van der Waals surface area (Å²) in [7, 11) is 0. The lowest BCUT2D eigenvalue weighted by Gasteiger charge is -2.43. The molecule has 0 aromatic carbocycles. The second-order valence-corrected chi connectivity index (χ2v) is 4.76. The third-order valence-electron chi connectivity index (χ3n) is 2.95. The van der Waals surface area contributed by atoms with Crippen LogP contribution in [0.4, 0.5) is 0 Å². The second-order valence-electron chi connectivity index (χ2n) is 4.76. The molecule has 16 heavy (non-hydrogen) atoms. The fraction of sp³-hybridized carbons (Fsp3) is 0.909. The van der Waals surface area contributed by atoms with Gasteiger partial charge in [-0.15, -0.1) is 0 Å². The SMILES string of the molecule is CC(=O)NC1C(O)C(O)C(C)OC1C(C)C. The Labute approximate surface area is 95.8 Å². The van der Waals surface area contributed by atoms with E-state index in [2.05, 4.69) is 5.32 Å². The number of nitrogens with one attached hydrogen (secondary N) is 1. The van der Waals surface area contributed by atoms with Crippen molar-refractivity contribution in [2.75, 3.05) is 0 Å². The molecule has 0 saturated carbocycles. The Morgan fingerprint density at radius 1 is 1.31 bits per heavy atom. The Hall–Kier alpha value is -0.650. The molecule has 1 saturated heterocycles. The van der Waals surface area contributed by atoms with E-state index >= 15 is 0 Å². The van der Waals surface area contributed by atoms with Gasteiger partial charge in [-0.1, -0.05) is 13.8 Å². The van der Waals surface area contributed by atoms with E-state index in [-0.39, 0.29) is 17.9 Å². The molecule has 1 amide bonds. The van der Waals surface area contributed by atoms with Crippen molar-refractivity contribution in [2.45, 2.75) is 58.2 Å². The van der Waals surface area contributed by atoms with E-state index in [1.165, 1.54) is 6.92 Å². The summed E-state index contributed by atoms with van der Waals surface area (Å²) < 4.78 is 5.62. The highest BCUT2D eigenvalue weighted by Crippen LogP contribution is 2.25. The smallest absolute Gasteiger partial charge is 0.217 e. The van der Waals surface area contributed by atoms with Gasteiger partial charge in [-0.3, -0.25) is 4.79 Å². The van der Waals surface area contributed by atoms with Gasteiger partial charge in [0.05, 0.1) is 18.2 Å². The standard InChI is InChI=1S/C11H21NO4/c1-5(2)11-8(12-7(4)13)10(15)9(14)6(3)16-11/h5-6,8-11,14-15H,1-4H3,(H,12,13). The summed E-state index contributed by atoms with van der Waals surface area (Å²) in [5, 5.41) is 22.3. The van der Waals surface area contributed by atoms with Crippen LogP contribution in [0, 0.1) is 5.92 Å². The number of aliphatic hydroxyl groups is 2. The summed E-state index contributed by atoms with van der Waals surface area (Å²) in [6.07, 6.45) is -2.66. The van der Waals surface area contributed by atoms with Crippen molar-refractivity contribution in [1.82, 2.24) is 5.32 Å². The summed E-state index contributed by atoms with van der Waals surface area (Å²) in [5.74, 6) is -0.0819. The van der Waals surface area contributed by atoms with Crippen LogP contribution in [0.2, 0.25) is 0 Å². The van der Waals surface area contributed by atoms with Gasteiger partial charge in [0.2, 0.25) is 5.91 Å². The van der Waals surface area contributed by atoms with Gasteiger partial charge in [-0.25, -0.2) is 0 Å². The Bertz CT molecular complexity index is 256. The van der Waals surface area contributed by atoms with Gasteiger partial charge in [0.1, 0.15) is 12.2 Å². The van der Waals surface area contributed by atoms with E-state index in [1.54, 1.807) is 6.92 Å². The van der Waals surface area contributed by atoms with E-state index in [9.17, 15) is 15.0 Å². The predicted molar refractivity (Wildman–Crippen MR) is 58.8 cm³/mol. The first-order valence-electron chi connectivity index (χ1n) is 5.63. The molecule has 0 radical (unpaired) electrons. The van der Waals surface area contributed by atoms with Crippen LogP contribution >= 0.6 is 0 Å². The minimum atomic E-state index is -0.986. The van der Waals surface area contributed by atoms with Crippen molar-refractivity contribution in [3.05, 3.63) is 0 Å². The van der Waals surface area contributed by atoms with E-state index in [4.69, 9.17) is 4.74 Å². The number of hydrogen-bond acceptors (Lipinski definition) is 4. The molecule has 0 spiro atoms. The van der Waals surface area contributed by atoms with Crippen LogP contribution < -0.4 is 5.32 Å². The van der Waals surface area contributed by atoms with Crippen LogP contribution in [0.25, 0.3) is 0 Å². The molecule has 1 fully saturated rings. The molecule has 1 aliphatic heterocycles. The number of hydrogen-bond donors (Lipinski definition) is 3. The number of ether oxygens (including phenoxy) is 1. The molecule has 0 aromatic rings. The summed E-state index contributed by atoms with van der Waals surface area (Å²) in [5.41, 5.74) is 0. The summed E-state index contributed by atoms with van der Waals surface area (Å²) >= 11 is 0. The monoisotopic (exact) mass is 231 g/mol. The molecule has 1 aliphatic rings. The molecule has 1 heterocycles. The largest absolute Gasteiger partial charge is 0.388 e. The first kappa shape index (κ1) is 13.4. The van der Waals surface area contributed by atoms with Crippen LogP contribution in [0.1, 0.15) is 27.7 Å². The molecule has 0 bridgehead atoms. The molecule has 1 rings (SSSR count). The van der Waals surface area contributed by atoms with Crippen molar-refractivity contribution in [1.29, 1.82) is 0 Å². The van der Waals surface area contributed by atoms with Gasteiger partial charge < -0.3 is 20.3 Å². The predicted octanol–water partition coefficient (Wildman–Crippen LogP) is -0.344. The van der Waals surface area contributed by atoms with Crippen LogP contribution in [0.3, 0.4) is 0 Å². The Kier molecular flexibility index (Phi) is 4.29. The first-order chi connectivity index (χ1) is 7.34. The van der Waals surface area contributed by atoms with Crippen molar-refractivity contribution in [3.63, 3.8) is 0 Å². The number of rotatable bonds is 2. The minimum absolute atomic E-state index is 0.154. The summed E-state index contributed by atoms with van der Waals surface area (Å²) in [4.78, 5) is 11.1. The van der Waals surface area contributed by atoms with E-state index in [1.807, 2.05) is 13.8 Å². The lowest BCUT2D eigenvalue weighted by atomic mass is 9.87. The lowest BCUT2D eigenvalue weighted by molar-refractivity contribution is -0.189. The van der Waals surface area contributed by atoms with Gasteiger partial charge in [0.25, 0.3) is 0 Å². The number of carbonyl (C=O) groups excluding carboxylic acids is 1. The van der Waals surface area contributed by atoms with Crippen molar-refractivity contribution in [3.8, 4) is 0 Å². The Balaban J connectivity index is 2.84. The number of carbonyl (C=O) groups is 1. The van der Waals surface area contributed by atoms with Crippen LogP contribution in [0.15, 0.2) is 0 Å². The zero-order chi connectivity index (χ0) is 12.5. The maximum atomic E-state index is 11.1. The van der Waals surface area contributed by atoms with Crippen LogP contribution in [-0.4, -0.2) is 46.6 Å². The number of amides is 1. The van der Waals surface area contributed by atoms with Gasteiger partial charge in [-0.2, -0.15) is 0 Å². The molecule has 5 nitrogen and oxygen atoms in total. The molecule has 94 valence electrons. The zero-order valence-electron chi connectivity index (χ0n) is 10.2. The third-order valence-corrected chi connectivity index (χ3v) is 2.95. The highest BCUT2D eigenvalue weighted by atomic mass is 16.5. The topological polar surface area (TPSA) is 78.8 Å². The van der Waals surface area contributed by atoms with E-state index in [0.717, 1.165) is 0 Å². The molecule has 5 atom stereocenters. The fourth-order valence-corrected chi connectivity index (χ4v) is 2.07. The lowest BCUT2D eigenvalue weighted by Crippen LogP contribution is -2.63. The van der Waals surface area contributed by atoms with E-state index < -0.39 is 24.4 Å². The third kappa shape index (κ3) is 2.72. The average molecular weight is 231 g/mol. The maximum Gasteiger partial charge on any atom is 0.217 e. The summed E-state index contributed by atoms with van der Waals surface area (Å²) in [6.45, 7) is 7.01. The molecule has 0 aliphatic carbocycles. The maximum absolute atomic E-state index is 11.1. The zero-order valence-corrected chi connectivity index (χ0v) is 10.2.